The Morgan fingerprint density at radius 1 is 0.939 bits per heavy atom. The monoisotopic (exact) mass is 457 g/mol. The Bertz CT molecular complexity index is 1410. The van der Waals surface area contributed by atoms with Crippen molar-refractivity contribution in [3.8, 4) is 11.3 Å². The molecule has 2 heterocycles. The third-order valence-corrected chi connectivity index (χ3v) is 6.06. The maximum absolute atomic E-state index is 13.2. The molecule has 3 aromatic carbocycles. The fourth-order valence-corrected chi connectivity index (χ4v) is 4.25. The summed E-state index contributed by atoms with van der Waals surface area (Å²) in [6.45, 7) is 1.94. The summed E-state index contributed by atoms with van der Waals surface area (Å²) in [4.78, 5) is 43.8. The Kier molecular flexibility index (Phi) is 5.07. The average Bonchev–Trinajstić information content (AvgIpc) is 3.36. The summed E-state index contributed by atoms with van der Waals surface area (Å²) < 4.78 is 13.2. The van der Waals surface area contributed by atoms with E-state index >= 15 is 0 Å². The molecule has 0 atom stereocenters. The first-order valence-electron chi connectivity index (χ1n) is 10.0. The lowest BCUT2D eigenvalue weighted by Gasteiger charge is -2.13. The van der Waals surface area contributed by atoms with Crippen LogP contribution in [0.5, 0.6) is 0 Å². The van der Waals surface area contributed by atoms with E-state index in [1.807, 2.05) is 24.4 Å². The Labute approximate surface area is 192 Å². The number of hydrogen-bond donors (Lipinski definition) is 1. The quantitative estimate of drug-likeness (QED) is 0.421. The molecule has 6 nitrogen and oxygen atoms in total. The number of benzene rings is 3. The van der Waals surface area contributed by atoms with Gasteiger partial charge in [-0.15, -0.1) is 11.3 Å². The number of hydrogen-bond acceptors (Lipinski definition) is 5. The summed E-state index contributed by atoms with van der Waals surface area (Å²) in [5.41, 5.74) is 3.25. The lowest BCUT2D eigenvalue weighted by molar-refractivity contribution is 0.0925. The van der Waals surface area contributed by atoms with Gasteiger partial charge < -0.3 is 5.32 Å². The zero-order chi connectivity index (χ0) is 23.1. The standard InChI is InChI=1S/C25H16FN3O3S/c1-14-27-22(13-33-14)15-2-7-18(8-3-15)28-23(30)16-4-11-20-21(12-16)25(32)29(24(20)31)19-9-5-17(26)6-10-19/h2-13H,1H3,(H,28,30). The molecule has 0 spiro atoms. The third kappa shape index (κ3) is 3.81. The molecular weight excluding hydrogens is 441 g/mol. The van der Waals surface area contributed by atoms with Crippen molar-refractivity contribution in [3.63, 3.8) is 0 Å². The maximum Gasteiger partial charge on any atom is 0.266 e. The van der Waals surface area contributed by atoms with Gasteiger partial charge in [-0.05, 0) is 61.5 Å². The molecule has 162 valence electrons. The molecular formula is C25H16FN3O3S. The van der Waals surface area contributed by atoms with Crippen molar-refractivity contribution >= 4 is 40.4 Å². The predicted octanol–water partition coefficient (Wildman–Crippen LogP) is 5.31. The molecule has 1 N–H and O–H groups in total. The van der Waals surface area contributed by atoms with Crippen LogP contribution in [0.3, 0.4) is 0 Å². The third-order valence-electron chi connectivity index (χ3n) is 5.29. The van der Waals surface area contributed by atoms with E-state index in [1.54, 1.807) is 23.5 Å². The Morgan fingerprint density at radius 3 is 2.30 bits per heavy atom. The van der Waals surface area contributed by atoms with Crippen molar-refractivity contribution in [2.24, 2.45) is 0 Å². The van der Waals surface area contributed by atoms with Gasteiger partial charge in [-0.2, -0.15) is 0 Å². The van der Waals surface area contributed by atoms with Crippen molar-refractivity contribution in [3.05, 3.63) is 99.6 Å². The van der Waals surface area contributed by atoms with Crippen LogP contribution in [0.15, 0.2) is 72.1 Å². The first-order valence-corrected chi connectivity index (χ1v) is 10.9. The SMILES string of the molecule is Cc1nc(-c2ccc(NC(=O)c3ccc4c(c3)C(=O)N(c3ccc(F)cc3)C4=O)cc2)cs1. The minimum absolute atomic E-state index is 0.131. The molecule has 0 bridgehead atoms. The summed E-state index contributed by atoms with van der Waals surface area (Å²) >= 11 is 1.57. The molecule has 0 aliphatic carbocycles. The van der Waals surface area contributed by atoms with Crippen molar-refractivity contribution in [1.82, 2.24) is 4.98 Å². The average molecular weight is 457 g/mol. The Balaban J connectivity index is 1.35. The molecule has 1 aromatic heterocycles. The fraction of sp³-hybridized carbons (Fsp3) is 0.0400. The molecule has 4 aromatic rings. The Hall–Kier alpha value is -4.17. The highest BCUT2D eigenvalue weighted by Gasteiger charge is 2.37. The van der Waals surface area contributed by atoms with Gasteiger partial charge in [0.1, 0.15) is 5.82 Å². The molecule has 1 aliphatic heterocycles. The van der Waals surface area contributed by atoms with Crippen LogP contribution in [0.25, 0.3) is 11.3 Å². The highest BCUT2D eigenvalue weighted by atomic mass is 32.1. The zero-order valence-corrected chi connectivity index (χ0v) is 18.2. The molecule has 0 saturated carbocycles. The number of fused-ring (bicyclic) bond motifs is 1. The first kappa shape index (κ1) is 20.7. The summed E-state index contributed by atoms with van der Waals surface area (Å²) in [6.07, 6.45) is 0. The smallest absolute Gasteiger partial charge is 0.266 e. The molecule has 3 amide bonds. The van der Waals surface area contributed by atoms with Crippen LogP contribution in [0.1, 0.15) is 36.1 Å². The van der Waals surface area contributed by atoms with Crippen LogP contribution >= 0.6 is 11.3 Å². The normalized spacial score (nSPS) is 12.7. The maximum atomic E-state index is 13.2. The number of halogens is 1. The summed E-state index contributed by atoms with van der Waals surface area (Å²) in [7, 11) is 0. The number of rotatable bonds is 4. The number of nitrogens with zero attached hydrogens (tertiary/aromatic N) is 2. The van der Waals surface area contributed by atoms with Crippen LogP contribution < -0.4 is 10.2 Å². The van der Waals surface area contributed by atoms with Gasteiger partial charge >= 0.3 is 0 Å². The van der Waals surface area contributed by atoms with Gasteiger partial charge in [0.2, 0.25) is 0 Å². The number of imide groups is 1. The first-order chi connectivity index (χ1) is 15.9. The zero-order valence-electron chi connectivity index (χ0n) is 17.3. The van der Waals surface area contributed by atoms with Gasteiger partial charge in [-0.3, -0.25) is 14.4 Å². The molecule has 1 aliphatic rings. The number of aromatic nitrogens is 1. The minimum atomic E-state index is -0.556. The van der Waals surface area contributed by atoms with Crippen molar-refractivity contribution in [1.29, 1.82) is 0 Å². The van der Waals surface area contributed by atoms with Gasteiger partial charge in [0.15, 0.2) is 0 Å². The highest BCUT2D eigenvalue weighted by molar-refractivity contribution is 7.09. The van der Waals surface area contributed by atoms with Crippen LogP contribution in [0.4, 0.5) is 15.8 Å². The lowest BCUT2D eigenvalue weighted by Crippen LogP contribution is -2.29. The van der Waals surface area contributed by atoms with Gasteiger partial charge in [0.25, 0.3) is 17.7 Å². The number of carbonyl (C=O) groups excluding carboxylic acids is 3. The van der Waals surface area contributed by atoms with Gasteiger partial charge in [-0.25, -0.2) is 14.3 Å². The van der Waals surface area contributed by atoms with E-state index in [0.29, 0.717) is 5.69 Å². The van der Waals surface area contributed by atoms with Crippen LogP contribution in [0, 0.1) is 12.7 Å². The van der Waals surface area contributed by atoms with Gasteiger partial charge in [0, 0.05) is 22.2 Å². The number of nitrogens with one attached hydrogen (secondary N) is 1. The van der Waals surface area contributed by atoms with E-state index in [0.717, 1.165) is 21.2 Å². The van der Waals surface area contributed by atoms with Crippen LogP contribution in [0.2, 0.25) is 0 Å². The van der Waals surface area contributed by atoms with Crippen LogP contribution in [-0.4, -0.2) is 22.7 Å². The van der Waals surface area contributed by atoms with Gasteiger partial charge in [-0.1, -0.05) is 12.1 Å². The number of anilines is 2. The molecule has 0 fully saturated rings. The minimum Gasteiger partial charge on any atom is -0.322 e. The Morgan fingerprint density at radius 2 is 1.64 bits per heavy atom. The second kappa shape index (κ2) is 8.07. The van der Waals surface area contributed by atoms with Gasteiger partial charge in [0.05, 0.1) is 27.5 Å². The number of thiazole rings is 1. The summed E-state index contributed by atoms with van der Waals surface area (Å²) in [5.74, 6) is -1.94. The summed E-state index contributed by atoms with van der Waals surface area (Å²) in [6, 6.07) is 16.7. The molecule has 0 unspecified atom stereocenters. The van der Waals surface area contributed by atoms with Crippen molar-refractivity contribution in [2.45, 2.75) is 6.92 Å². The molecule has 5 rings (SSSR count). The van der Waals surface area contributed by atoms with E-state index in [-0.39, 0.29) is 22.4 Å². The van der Waals surface area contributed by atoms with Crippen LogP contribution in [-0.2, 0) is 0 Å². The summed E-state index contributed by atoms with van der Waals surface area (Å²) in [5, 5.41) is 5.75. The molecule has 33 heavy (non-hydrogen) atoms. The second-order valence-corrected chi connectivity index (χ2v) is 8.53. The van der Waals surface area contributed by atoms with Crippen molar-refractivity contribution < 1.29 is 18.8 Å². The fourth-order valence-electron chi connectivity index (χ4n) is 3.63. The number of amides is 3. The van der Waals surface area contributed by atoms with E-state index < -0.39 is 23.5 Å². The number of aryl methyl sites for hydroxylation is 1. The van der Waals surface area contributed by atoms with Crippen molar-refractivity contribution in [2.75, 3.05) is 10.2 Å². The molecule has 0 saturated heterocycles. The number of carbonyl (C=O) groups is 3. The van der Waals surface area contributed by atoms with E-state index in [1.165, 1.54) is 42.5 Å². The van der Waals surface area contributed by atoms with E-state index in [2.05, 4.69) is 10.3 Å². The van der Waals surface area contributed by atoms with E-state index in [9.17, 15) is 18.8 Å². The topological polar surface area (TPSA) is 79.4 Å². The largest absolute Gasteiger partial charge is 0.322 e. The second-order valence-electron chi connectivity index (χ2n) is 7.47. The van der Waals surface area contributed by atoms with E-state index in [4.69, 9.17) is 0 Å². The molecule has 8 heteroatoms. The lowest BCUT2D eigenvalue weighted by atomic mass is 10.1. The predicted molar refractivity (Wildman–Crippen MR) is 124 cm³/mol. The highest BCUT2D eigenvalue weighted by Crippen LogP contribution is 2.29. The molecule has 0 radical (unpaired) electrons.